The van der Waals surface area contributed by atoms with Gasteiger partial charge in [0.1, 0.15) is 17.6 Å². The molecule has 0 N–H and O–H groups in total. The van der Waals surface area contributed by atoms with E-state index in [9.17, 15) is 9.18 Å². The van der Waals surface area contributed by atoms with Crippen LogP contribution >= 0.6 is 22.9 Å². The van der Waals surface area contributed by atoms with Crippen molar-refractivity contribution in [2.24, 2.45) is 0 Å². The fourth-order valence-electron chi connectivity index (χ4n) is 4.13. The molecule has 3 heterocycles. The molecule has 168 valence electrons. The van der Waals surface area contributed by atoms with Gasteiger partial charge in [-0.3, -0.25) is 4.79 Å². The molecule has 1 amide bonds. The molecule has 33 heavy (non-hydrogen) atoms. The van der Waals surface area contributed by atoms with Crippen LogP contribution in [-0.4, -0.2) is 32.5 Å². The van der Waals surface area contributed by atoms with Crippen molar-refractivity contribution < 1.29 is 13.7 Å². The molecule has 1 aliphatic rings. The van der Waals surface area contributed by atoms with Gasteiger partial charge in [0.15, 0.2) is 0 Å². The molecule has 1 aliphatic heterocycles. The van der Waals surface area contributed by atoms with Crippen LogP contribution in [0.15, 0.2) is 47.0 Å². The van der Waals surface area contributed by atoms with Gasteiger partial charge in [0.05, 0.1) is 9.88 Å². The molecule has 4 aromatic rings. The van der Waals surface area contributed by atoms with E-state index in [0.29, 0.717) is 45.2 Å². The maximum absolute atomic E-state index is 14.5. The number of carbonyl (C=O) groups is 1. The molecule has 2 aromatic heterocycles. The third-order valence-corrected chi connectivity index (χ3v) is 7.22. The average Bonchev–Trinajstić information content (AvgIpc) is 3.54. The molecule has 0 spiro atoms. The zero-order valence-electron chi connectivity index (χ0n) is 18.0. The quantitative estimate of drug-likeness (QED) is 0.344. The highest BCUT2D eigenvalue weighted by Gasteiger charge is 2.37. The van der Waals surface area contributed by atoms with E-state index in [-0.39, 0.29) is 23.5 Å². The van der Waals surface area contributed by atoms with Crippen LogP contribution in [0.1, 0.15) is 45.8 Å². The zero-order chi connectivity index (χ0) is 23.1. The number of hydrogen-bond acceptors (Lipinski definition) is 6. The lowest BCUT2D eigenvalue weighted by Gasteiger charge is -2.21. The Kier molecular flexibility index (Phi) is 5.72. The van der Waals surface area contributed by atoms with Crippen LogP contribution in [-0.2, 0) is 0 Å². The topological polar surface area (TPSA) is 72.1 Å². The fraction of sp³-hybridized carbons (Fsp3) is 0.250. The number of aryl methyl sites for hydroxylation is 1. The van der Waals surface area contributed by atoms with E-state index in [1.165, 1.54) is 17.4 Å². The Labute approximate surface area is 199 Å². The predicted octanol–water partition coefficient (Wildman–Crippen LogP) is 6.25. The van der Waals surface area contributed by atoms with Gasteiger partial charge in [-0.1, -0.05) is 47.1 Å². The number of halogens is 2. The van der Waals surface area contributed by atoms with E-state index in [4.69, 9.17) is 16.1 Å². The highest BCUT2D eigenvalue weighted by atomic mass is 35.5. The van der Waals surface area contributed by atoms with Gasteiger partial charge >= 0.3 is 0 Å². The van der Waals surface area contributed by atoms with Gasteiger partial charge in [0, 0.05) is 22.7 Å². The molecule has 1 unspecified atom stereocenters. The molecular formula is C24H20ClFN4O2S. The predicted molar refractivity (Wildman–Crippen MR) is 125 cm³/mol. The van der Waals surface area contributed by atoms with Crippen LogP contribution in [0.5, 0.6) is 0 Å². The molecule has 0 radical (unpaired) electrons. The molecule has 1 saturated heterocycles. The summed E-state index contributed by atoms with van der Waals surface area (Å²) in [4.78, 5) is 24.8. The highest BCUT2D eigenvalue weighted by molar-refractivity contribution is 7.15. The largest absolute Gasteiger partial charge is 0.337 e. The van der Waals surface area contributed by atoms with Crippen molar-refractivity contribution in [3.8, 4) is 21.8 Å². The summed E-state index contributed by atoms with van der Waals surface area (Å²) in [6.07, 6.45) is 1.49. The van der Waals surface area contributed by atoms with Crippen molar-refractivity contribution >= 4 is 28.8 Å². The number of thiazole rings is 1. The Morgan fingerprint density at radius 2 is 1.94 bits per heavy atom. The first-order chi connectivity index (χ1) is 15.9. The van der Waals surface area contributed by atoms with Gasteiger partial charge in [0.2, 0.25) is 11.7 Å². The van der Waals surface area contributed by atoms with E-state index in [2.05, 4.69) is 15.1 Å². The Balaban J connectivity index is 1.47. The smallest absolute Gasteiger partial charge is 0.274 e. The van der Waals surface area contributed by atoms with Crippen molar-refractivity contribution in [1.29, 1.82) is 0 Å². The van der Waals surface area contributed by atoms with E-state index in [1.807, 2.05) is 32.0 Å². The number of hydrogen-bond donors (Lipinski definition) is 0. The highest BCUT2D eigenvalue weighted by Crippen LogP contribution is 2.38. The maximum Gasteiger partial charge on any atom is 0.274 e. The summed E-state index contributed by atoms with van der Waals surface area (Å²) in [6, 6.07) is 11.6. The molecular weight excluding hydrogens is 463 g/mol. The van der Waals surface area contributed by atoms with Crippen LogP contribution in [0.25, 0.3) is 21.8 Å². The summed E-state index contributed by atoms with van der Waals surface area (Å²) >= 11 is 7.54. The standard InChI is InChI=1S/C24H20ClFN4O2S/c1-13-15(8-5-9-17(13)25)22-28-23(32-29-22)19-11-6-12-30(19)24(31)20-21(33-14(2)27-20)16-7-3-4-10-18(16)26/h3-5,7-10,19H,6,11-12H2,1-2H3. The van der Waals surface area contributed by atoms with Crippen molar-refractivity contribution in [2.75, 3.05) is 6.54 Å². The molecule has 1 atom stereocenters. The van der Waals surface area contributed by atoms with E-state index < -0.39 is 0 Å². The van der Waals surface area contributed by atoms with Gasteiger partial charge in [0.25, 0.3) is 5.91 Å². The molecule has 0 saturated carbocycles. The van der Waals surface area contributed by atoms with E-state index in [0.717, 1.165) is 17.5 Å². The summed E-state index contributed by atoms with van der Waals surface area (Å²) in [7, 11) is 0. The van der Waals surface area contributed by atoms with Crippen molar-refractivity contribution in [2.45, 2.75) is 32.7 Å². The second kappa shape index (κ2) is 8.68. The van der Waals surface area contributed by atoms with Crippen molar-refractivity contribution in [1.82, 2.24) is 20.0 Å². The van der Waals surface area contributed by atoms with E-state index >= 15 is 0 Å². The van der Waals surface area contributed by atoms with Gasteiger partial charge in [-0.2, -0.15) is 4.98 Å². The van der Waals surface area contributed by atoms with Gasteiger partial charge in [-0.25, -0.2) is 9.37 Å². The second-order valence-corrected chi connectivity index (χ2v) is 9.53. The normalized spacial score (nSPS) is 15.9. The zero-order valence-corrected chi connectivity index (χ0v) is 19.6. The Morgan fingerprint density at radius 3 is 2.76 bits per heavy atom. The Bertz CT molecular complexity index is 1350. The number of likely N-dealkylation sites (tertiary alicyclic amines) is 1. The van der Waals surface area contributed by atoms with Gasteiger partial charge in [-0.15, -0.1) is 11.3 Å². The number of carbonyl (C=O) groups excluding carboxylic acids is 1. The van der Waals surface area contributed by atoms with Gasteiger partial charge in [-0.05, 0) is 44.4 Å². The summed E-state index contributed by atoms with van der Waals surface area (Å²) in [6.45, 7) is 4.24. The summed E-state index contributed by atoms with van der Waals surface area (Å²) in [5.74, 6) is 0.154. The SMILES string of the molecule is Cc1nc(C(=O)N2CCCC2c2nc(-c3cccc(Cl)c3C)no2)c(-c2ccccc2F)s1. The first-order valence-corrected chi connectivity index (χ1v) is 11.8. The minimum Gasteiger partial charge on any atom is -0.337 e. The number of amides is 1. The maximum atomic E-state index is 14.5. The molecule has 2 aromatic carbocycles. The summed E-state index contributed by atoms with van der Waals surface area (Å²) < 4.78 is 20.1. The number of benzene rings is 2. The minimum atomic E-state index is -0.383. The second-order valence-electron chi connectivity index (χ2n) is 7.92. The fourth-order valence-corrected chi connectivity index (χ4v) is 5.24. The first-order valence-electron chi connectivity index (χ1n) is 10.6. The molecule has 0 aliphatic carbocycles. The Hall–Kier alpha value is -3.10. The van der Waals surface area contributed by atoms with Crippen LogP contribution in [0.4, 0.5) is 4.39 Å². The number of rotatable bonds is 4. The number of nitrogens with zero attached hydrogens (tertiary/aromatic N) is 4. The van der Waals surface area contributed by atoms with Crippen molar-refractivity contribution in [3.05, 3.63) is 75.5 Å². The molecule has 6 nitrogen and oxygen atoms in total. The molecule has 5 rings (SSSR count). The average molecular weight is 483 g/mol. The van der Waals surface area contributed by atoms with Crippen LogP contribution < -0.4 is 0 Å². The van der Waals surface area contributed by atoms with Crippen molar-refractivity contribution in [3.63, 3.8) is 0 Å². The molecule has 0 bridgehead atoms. The third-order valence-electron chi connectivity index (χ3n) is 5.80. The summed E-state index contributed by atoms with van der Waals surface area (Å²) in [5.41, 5.74) is 2.27. The molecule has 9 heteroatoms. The van der Waals surface area contributed by atoms with Crippen LogP contribution in [0, 0.1) is 19.7 Å². The monoisotopic (exact) mass is 482 g/mol. The Morgan fingerprint density at radius 1 is 1.15 bits per heavy atom. The molecule has 1 fully saturated rings. The lowest BCUT2D eigenvalue weighted by molar-refractivity contribution is 0.0705. The first kappa shape index (κ1) is 21.7. The van der Waals surface area contributed by atoms with Crippen LogP contribution in [0.2, 0.25) is 5.02 Å². The number of aromatic nitrogens is 3. The minimum absolute atomic E-state index is 0.250. The third kappa shape index (κ3) is 3.94. The summed E-state index contributed by atoms with van der Waals surface area (Å²) in [5, 5.41) is 5.45. The lowest BCUT2D eigenvalue weighted by atomic mass is 10.1. The van der Waals surface area contributed by atoms with Gasteiger partial charge < -0.3 is 9.42 Å². The van der Waals surface area contributed by atoms with E-state index in [1.54, 1.807) is 23.1 Å². The van der Waals surface area contributed by atoms with Crippen LogP contribution in [0.3, 0.4) is 0 Å². The lowest BCUT2D eigenvalue weighted by Crippen LogP contribution is -2.31.